The molecule has 0 aliphatic heterocycles. The van der Waals surface area contributed by atoms with Gasteiger partial charge in [-0.3, -0.25) is 14.3 Å². The zero-order chi connectivity index (χ0) is 28.4. The van der Waals surface area contributed by atoms with Crippen molar-refractivity contribution in [2.45, 2.75) is 24.8 Å². The zero-order valence-electron chi connectivity index (χ0n) is 20.6. The molecule has 0 amide bonds. The second-order valence-electron chi connectivity index (χ2n) is 8.13. The Morgan fingerprint density at radius 3 is 2.26 bits per heavy atom. The molecule has 0 unspecified atom stereocenters. The van der Waals surface area contributed by atoms with Crippen molar-refractivity contribution >= 4 is 16.0 Å². The van der Waals surface area contributed by atoms with Gasteiger partial charge in [0.2, 0.25) is 16.0 Å². The Kier molecular flexibility index (Phi) is 7.67. The van der Waals surface area contributed by atoms with Gasteiger partial charge in [-0.1, -0.05) is 6.07 Å². The van der Waals surface area contributed by atoms with Crippen LogP contribution in [0.1, 0.15) is 18.3 Å². The Labute approximate surface area is 219 Å². The average Bonchev–Trinajstić information content (AvgIpc) is 3.31. The molecular formula is C23H21F4N7O4S. The highest BCUT2D eigenvalue weighted by molar-refractivity contribution is 7.93. The number of rotatable bonds is 9. The van der Waals surface area contributed by atoms with Crippen LogP contribution in [-0.2, 0) is 22.6 Å². The fraction of sp³-hybridized carbons (Fsp3) is 0.261. The fourth-order valence-electron chi connectivity index (χ4n) is 3.56. The molecule has 0 radical (unpaired) electrons. The van der Waals surface area contributed by atoms with Crippen molar-refractivity contribution in [1.29, 1.82) is 0 Å². The molecule has 0 spiro atoms. The molecule has 0 fully saturated rings. The van der Waals surface area contributed by atoms with Crippen LogP contribution in [0.4, 0.5) is 23.5 Å². The molecular weight excluding hydrogens is 546 g/mol. The van der Waals surface area contributed by atoms with Crippen molar-refractivity contribution in [3.8, 4) is 28.6 Å². The van der Waals surface area contributed by atoms with Crippen LogP contribution >= 0.6 is 0 Å². The molecule has 16 heteroatoms. The Morgan fingerprint density at radius 2 is 1.67 bits per heavy atom. The maximum atomic E-state index is 13.4. The van der Waals surface area contributed by atoms with Crippen molar-refractivity contribution in [3.63, 3.8) is 0 Å². The largest absolute Gasteiger partial charge is 0.494 e. The second kappa shape index (κ2) is 10.8. The van der Waals surface area contributed by atoms with Crippen molar-refractivity contribution < 1.29 is 35.5 Å². The molecule has 39 heavy (non-hydrogen) atoms. The van der Waals surface area contributed by atoms with Gasteiger partial charge in [0.05, 0.1) is 37.4 Å². The SMILES string of the molecule is COc1cccc(OC)c1-n1c(NS(=O)(=O)[C@@H](C)Cc2ncc(F)cn2)nnc1-c1cncc(C(F)(F)F)c1. The molecule has 1 aromatic carbocycles. The molecule has 206 valence electrons. The topological polar surface area (TPSA) is 134 Å². The maximum Gasteiger partial charge on any atom is 0.417 e. The Morgan fingerprint density at radius 1 is 1.03 bits per heavy atom. The number of para-hydroxylation sites is 1. The molecule has 0 bridgehead atoms. The highest BCUT2D eigenvalue weighted by Gasteiger charge is 2.33. The summed E-state index contributed by atoms with van der Waals surface area (Å²) in [7, 11) is -1.52. The molecule has 4 rings (SSSR count). The number of nitrogens with one attached hydrogen (secondary N) is 1. The molecule has 3 heterocycles. The minimum Gasteiger partial charge on any atom is -0.494 e. The number of alkyl halides is 3. The fourth-order valence-corrected chi connectivity index (χ4v) is 4.51. The van der Waals surface area contributed by atoms with Gasteiger partial charge in [-0.15, -0.1) is 10.2 Å². The molecule has 1 N–H and O–H groups in total. The van der Waals surface area contributed by atoms with Gasteiger partial charge in [-0.2, -0.15) is 13.2 Å². The smallest absolute Gasteiger partial charge is 0.417 e. The predicted octanol–water partition coefficient (Wildman–Crippen LogP) is 3.67. The number of aromatic nitrogens is 6. The number of halogens is 4. The van der Waals surface area contributed by atoms with Gasteiger partial charge in [-0.05, 0) is 25.1 Å². The standard InChI is InChI=1S/C23H21F4N7O4S/c1-13(7-19-29-11-16(24)12-30-19)39(35,36)33-22-32-31-21(14-8-15(10-28-9-14)23(25,26)27)34(22)20-17(37-2)5-4-6-18(20)38-3/h4-6,8-13H,7H2,1-3H3,(H,32,33)/t13-/m0/s1. The van der Waals surface area contributed by atoms with Gasteiger partial charge in [0.1, 0.15) is 23.0 Å². The lowest BCUT2D eigenvalue weighted by Gasteiger charge is -2.19. The van der Waals surface area contributed by atoms with Crippen molar-refractivity contribution in [1.82, 2.24) is 29.7 Å². The van der Waals surface area contributed by atoms with Crippen LogP contribution in [0.2, 0.25) is 0 Å². The third kappa shape index (κ3) is 5.89. The van der Waals surface area contributed by atoms with E-state index < -0.39 is 32.8 Å². The van der Waals surface area contributed by atoms with Crippen LogP contribution in [-0.4, -0.2) is 57.6 Å². The summed E-state index contributed by atoms with van der Waals surface area (Å²) in [5.74, 6) is -0.770. The first-order valence-corrected chi connectivity index (χ1v) is 12.7. The quantitative estimate of drug-likeness (QED) is 0.301. The van der Waals surface area contributed by atoms with Crippen molar-refractivity contribution in [2.75, 3.05) is 18.9 Å². The summed E-state index contributed by atoms with van der Waals surface area (Å²) in [4.78, 5) is 11.2. The van der Waals surface area contributed by atoms with Gasteiger partial charge >= 0.3 is 6.18 Å². The highest BCUT2D eigenvalue weighted by Crippen LogP contribution is 2.38. The Hall–Kier alpha value is -4.34. The van der Waals surface area contributed by atoms with Gasteiger partial charge in [0.25, 0.3) is 0 Å². The number of anilines is 1. The highest BCUT2D eigenvalue weighted by atomic mass is 32.2. The molecule has 3 aromatic heterocycles. The minimum absolute atomic E-state index is 0.0814. The van der Waals surface area contributed by atoms with Crippen molar-refractivity contribution in [2.24, 2.45) is 0 Å². The van der Waals surface area contributed by atoms with E-state index in [4.69, 9.17) is 9.47 Å². The summed E-state index contributed by atoms with van der Waals surface area (Å²) in [6.07, 6.45) is -1.27. The number of pyridine rings is 1. The molecule has 4 aromatic rings. The number of nitrogens with zero attached hydrogens (tertiary/aromatic N) is 6. The summed E-state index contributed by atoms with van der Waals surface area (Å²) in [5, 5.41) is 6.76. The number of sulfonamides is 1. The van der Waals surface area contributed by atoms with E-state index in [0.717, 1.165) is 29.2 Å². The van der Waals surface area contributed by atoms with E-state index in [1.807, 2.05) is 0 Å². The van der Waals surface area contributed by atoms with Crippen LogP contribution in [0, 0.1) is 5.82 Å². The summed E-state index contributed by atoms with van der Waals surface area (Å²) >= 11 is 0. The zero-order valence-corrected chi connectivity index (χ0v) is 21.5. The molecule has 0 aliphatic rings. The van der Waals surface area contributed by atoms with E-state index in [1.165, 1.54) is 21.1 Å². The molecule has 0 saturated heterocycles. The summed E-state index contributed by atoms with van der Waals surface area (Å²) < 4.78 is 94.2. The minimum atomic E-state index is -4.70. The first-order valence-electron chi connectivity index (χ1n) is 11.1. The third-order valence-electron chi connectivity index (χ3n) is 5.52. The number of ether oxygens (including phenoxy) is 2. The van der Waals surface area contributed by atoms with Crippen molar-refractivity contribution in [3.05, 3.63) is 66.3 Å². The first-order chi connectivity index (χ1) is 18.4. The average molecular weight is 568 g/mol. The van der Waals surface area contributed by atoms with E-state index in [1.54, 1.807) is 18.2 Å². The van der Waals surface area contributed by atoms with Crippen LogP contribution in [0.15, 0.2) is 49.1 Å². The van der Waals surface area contributed by atoms with Crippen LogP contribution in [0.5, 0.6) is 11.5 Å². The van der Waals surface area contributed by atoms with E-state index in [2.05, 4.69) is 29.9 Å². The number of hydrogen-bond donors (Lipinski definition) is 1. The summed E-state index contributed by atoms with van der Waals surface area (Å²) in [6, 6.07) is 5.49. The monoisotopic (exact) mass is 567 g/mol. The van der Waals surface area contributed by atoms with Gasteiger partial charge in [-0.25, -0.2) is 22.8 Å². The molecule has 11 nitrogen and oxygen atoms in total. The number of methoxy groups -OCH3 is 2. The van der Waals surface area contributed by atoms with Crippen LogP contribution < -0.4 is 14.2 Å². The molecule has 0 saturated carbocycles. The van der Waals surface area contributed by atoms with E-state index >= 15 is 0 Å². The lowest BCUT2D eigenvalue weighted by molar-refractivity contribution is -0.137. The number of benzene rings is 1. The van der Waals surface area contributed by atoms with Gasteiger partial charge in [0, 0.05) is 24.4 Å². The molecule has 0 aliphatic carbocycles. The first kappa shape index (κ1) is 27.7. The van der Waals surface area contributed by atoms with E-state index in [0.29, 0.717) is 6.20 Å². The second-order valence-corrected chi connectivity index (χ2v) is 10.2. The lowest BCUT2D eigenvalue weighted by atomic mass is 10.2. The normalized spacial score (nSPS) is 12.7. The third-order valence-corrected chi connectivity index (χ3v) is 7.21. The van der Waals surface area contributed by atoms with Crippen LogP contribution in [0.3, 0.4) is 0 Å². The van der Waals surface area contributed by atoms with E-state index in [9.17, 15) is 26.0 Å². The molecule has 1 atom stereocenters. The van der Waals surface area contributed by atoms with Gasteiger partial charge in [0.15, 0.2) is 11.6 Å². The van der Waals surface area contributed by atoms with Gasteiger partial charge < -0.3 is 9.47 Å². The van der Waals surface area contributed by atoms with Crippen LogP contribution in [0.25, 0.3) is 17.1 Å². The maximum absolute atomic E-state index is 13.4. The summed E-state index contributed by atoms with van der Waals surface area (Å²) in [6.45, 7) is 1.37. The lowest BCUT2D eigenvalue weighted by Crippen LogP contribution is -2.29. The van der Waals surface area contributed by atoms with E-state index in [-0.39, 0.29) is 46.8 Å². The Balaban J connectivity index is 1.84. The number of hydrogen-bond acceptors (Lipinski definition) is 9. The predicted molar refractivity (Wildman–Crippen MR) is 130 cm³/mol. The summed E-state index contributed by atoms with van der Waals surface area (Å²) in [5.41, 5.74) is -1.03. The Bertz CT molecular complexity index is 1560.